The third kappa shape index (κ3) is 3.45. The number of nitrogens with one attached hydrogen (secondary N) is 1. The first kappa shape index (κ1) is 15.8. The van der Waals surface area contributed by atoms with E-state index >= 15 is 0 Å². The van der Waals surface area contributed by atoms with E-state index in [-0.39, 0.29) is 0 Å². The zero-order valence-electron chi connectivity index (χ0n) is 13.9. The molecular formula is C20H25N3. The van der Waals surface area contributed by atoms with Gasteiger partial charge in [-0.05, 0) is 50.8 Å². The van der Waals surface area contributed by atoms with Crippen LogP contribution in [0.2, 0.25) is 0 Å². The van der Waals surface area contributed by atoms with E-state index in [1.54, 1.807) is 0 Å². The average Bonchev–Trinajstić information content (AvgIpc) is 3.31. The van der Waals surface area contributed by atoms with Gasteiger partial charge in [0, 0.05) is 17.3 Å². The number of hydrogen-bond donors (Lipinski definition) is 1. The van der Waals surface area contributed by atoms with Gasteiger partial charge in [0.1, 0.15) is 0 Å². The summed E-state index contributed by atoms with van der Waals surface area (Å²) in [6.45, 7) is 5.78. The van der Waals surface area contributed by atoms with Crippen LogP contribution >= 0.6 is 0 Å². The zero-order chi connectivity index (χ0) is 16.2. The summed E-state index contributed by atoms with van der Waals surface area (Å²) in [6.07, 6.45) is 11.1. The van der Waals surface area contributed by atoms with Crippen LogP contribution < -0.4 is 5.32 Å². The van der Waals surface area contributed by atoms with Gasteiger partial charge in [-0.15, -0.1) is 0 Å². The molecule has 4 rings (SSSR count). The van der Waals surface area contributed by atoms with Crippen LogP contribution in [0.5, 0.6) is 0 Å². The molecular weight excluding hydrogens is 282 g/mol. The Morgan fingerprint density at radius 1 is 1.30 bits per heavy atom. The van der Waals surface area contributed by atoms with Gasteiger partial charge >= 0.3 is 0 Å². The van der Waals surface area contributed by atoms with E-state index in [4.69, 9.17) is 0 Å². The molecule has 3 unspecified atom stereocenters. The maximum Gasteiger partial charge on any atom is 0.0648 e. The smallest absolute Gasteiger partial charge is 0.0648 e. The number of fused-ring (bicyclic) bond motifs is 1. The van der Waals surface area contributed by atoms with E-state index in [0.717, 1.165) is 28.8 Å². The summed E-state index contributed by atoms with van der Waals surface area (Å²) in [6, 6.07) is 10.8. The van der Waals surface area contributed by atoms with Crippen molar-refractivity contribution >= 4 is 6.08 Å². The summed E-state index contributed by atoms with van der Waals surface area (Å²) in [5.74, 6) is 2.02. The van der Waals surface area contributed by atoms with Crippen molar-refractivity contribution in [2.45, 2.75) is 25.8 Å². The minimum absolute atomic E-state index is 0.698. The minimum Gasteiger partial charge on any atom is -0.313 e. The van der Waals surface area contributed by atoms with Gasteiger partial charge in [0.05, 0.1) is 11.9 Å². The Labute approximate surface area is 138 Å². The first-order valence-corrected chi connectivity index (χ1v) is 8.31. The van der Waals surface area contributed by atoms with Crippen LogP contribution in [0, 0.1) is 18.8 Å². The van der Waals surface area contributed by atoms with E-state index in [0.29, 0.717) is 6.04 Å². The monoisotopic (exact) mass is 307 g/mol. The molecule has 1 aromatic heterocycles. The van der Waals surface area contributed by atoms with Crippen LogP contribution in [0.3, 0.4) is 0 Å². The molecule has 2 aliphatic rings. The predicted molar refractivity (Wildman–Crippen MR) is 96.6 cm³/mol. The van der Waals surface area contributed by atoms with E-state index in [9.17, 15) is 0 Å². The topological polar surface area (TPSA) is 29.9 Å². The highest BCUT2D eigenvalue weighted by Gasteiger charge is 2.42. The molecule has 3 heteroatoms. The lowest BCUT2D eigenvalue weighted by atomic mass is 10.0. The Balaban J connectivity index is 0.000000149. The molecule has 0 radical (unpaired) electrons. The molecule has 2 aromatic rings. The van der Waals surface area contributed by atoms with E-state index < -0.39 is 0 Å². The van der Waals surface area contributed by atoms with E-state index in [1.807, 2.05) is 54.2 Å². The Morgan fingerprint density at radius 2 is 2.09 bits per heavy atom. The molecule has 0 saturated heterocycles. The number of para-hydroxylation sites is 1. The van der Waals surface area contributed by atoms with Crippen LogP contribution in [0.15, 0.2) is 55.3 Å². The second kappa shape index (κ2) is 6.97. The zero-order valence-corrected chi connectivity index (χ0v) is 13.9. The maximum absolute atomic E-state index is 4.30. The van der Waals surface area contributed by atoms with Gasteiger partial charge in [0.15, 0.2) is 0 Å². The van der Waals surface area contributed by atoms with E-state index in [2.05, 4.69) is 36.2 Å². The van der Waals surface area contributed by atoms with Crippen molar-refractivity contribution in [3.8, 4) is 5.69 Å². The number of rotatable bonds is 3. The highest BCUT2D eigenvalue weighted by atomic mass is 15.3. The molecule has 2 aliphatic carbocycles. The normalized spacial score (nSPS) is 24.3. The Kier molecular flexibility index (Phi) is 4.77. The van der Waals surface area contributed by atoms with Crippen LogP contribution in [0.1, 0.15) is 24.1 Å². The lowest BCUT2D eigenvalue weighted by Gasteiger charge is -2.13. The molecule has 1 saturated carbocycles. The molecule has 0 amide bonds. The highest BCUT2D eigenvalue weighted by Crippen LogP contribution is 2.46. The molecule has 23 heavy (non-hydrogen) atoms. The lowest BCUT2D eigenvalue weighted by Crippen LogP contribution is -2.27. The van der Waals surface area contributed by atoms with Crippen LogP contribution in [-0.4, -0.2) is 22.9 Å². The van der Waals surface area contributed by atoms with Crippen molar-refractivity contribution in [2.24, 2.45) is 11.8 Å². The van der Waals surface area contributed by atoms with Gasteiger partial charge in [0.2, 0.25) is 0 Å². The van der Waals surface area contributed by atoms with Crippen molar-refractivity contribution in [3.05, 3.63) is 66.5 Å². The van der Waals surface area contributed by atoms with Crippen molar-refractivity contribution in [1.82, 2.24) is 15.1 Å². The summed E-state index contributed by atoms with van der Waals surface area (Å²) in [5.41, 5.74) is 3.28. The summed E-state index contributed by atoms with van der Waals surface area (Å²) in [7, 11) is 2.05. The second-order valence-corrected chi connectivity index (χ2v) is 6.27. The molecule has 0 spiro atoms. The fourth-order valence-electron chi connectivity index (χ4n) is 3.29. The van der Waals surface area contributed by atoms with Crippen LogP contribution in [0.25, 0.3) is 11.8 Å². The summed E-state index contributed by atoms with van der Waals surface area (Å²) >= 11 is 0. The minimum atomic E-state index is 0.698. The third-order valence-corrected chi connectivity index (χ3v) is 4.82. The van der Waals surface area contributed by atoms with Gasteiger partial charge in [-0.25, -0.2) is 4.68 Å². The molecule has 0 bridgehead atoms. The number of likely N-dealkylation sites (N-methyl/N-ethyl adjacent to an activating group) is 1. The van der Waals surface area contributed by atoms with Crippen molar-refractivity contribution in [2.75, 3.05) is 7.05 Å². The summed E-state index contributed by atoms with van der Waals surface area (Å²) < 4.78 is 1.91. The molecule has 1 aromatic carbocycles. The van der Waals surface area contributed by atoms with Crippen molar-refractivity contribution in [1.29, 1.82) is 0 Å². The fourth-order valence-corrected chi connectivity index (χ4v) is 3.29. The molecule has 0 aliphatic heterocycles. The van der Waals surface area contributed by atoms with Gasteiger partial charge < -0.3 is 5.32 Å². The number of allylic oxidation sites excluding steroid dienone is 1. The van der Waals surface area contributed by atoms with Crippen LogP contribution in [-0.2, 0) is 0 Å². The van der Waals surface area contributed by atoms with Gasteiger partial charge in [-0.2, -0.15) is 5.10 Å². The number of aromatic nitrogens is 2. The molecule has 1 fully saturated rings. The SMILES string of the molecule is C=Cc1cnn(-c2ccccc2)c1C.CNC1C=CCC2CC21. The average molecular weight is 307 g/mol. The summed E-state index contributed by atoms with van der Waals surface area (Å²) in [5, 5.41) is 7.61. The van der Waals surface area contributed by atoms with Crippen molar-refractivity contribution in [3.63, 3.8) is 0 Å². The first-order valence-electron chi connectivity index (χ1n) is 8.31. The van der Waals surface area contributed by atoms with Crippen molar-refractivity contribution < 1.29 is 0 Å². The number of benzene rings is 1. The highest BCUT2D eigenvalue weighted by molar-refractivity contribution is 5.50. The van der Waals surface area contributed by atoms with E-state index in [1.165, 1.54) is 12.8 Å². The Morgan fingerprint density at radius 3 is 2.70 bits per heavy atom. The number of hydrogen-bond acceptors (Lipinski definition) is 2. The molecule has 3 atom stereocenters. The first-order chi connectivity index (χ1) is 11.2. The molecule has 3 nitrogen and oxygen atoms in total. The summed E-state index contributed by atoms with van der Waals surface area (Å²) in [4.78, 5) is 0. The fraction of sp³-hybridized carbons (Fsp3) is 0.350. The third-order valence-electron chi connectivity index (χ3n) is 4.82. The predicted octanol–water partition coefficient (Wildman–Crippen LogP) is 3.99. The molecule has 1 heterocycles. The van der Waals surface area contributed by atoms with Gasteiger partial charge in [-0.1, -0.05) is 43.0 Å². The Hall–Kier alpha value is -2.13. The maximum atomic E-state index is 4.30. The van der Waals surface area contributed by atoms with Crippen LogP contribution in [0.4, 0.5) is 0 Å². The Bertz CT molecular complexity index is 684. The molecule has 1 N–H and O–H groups in total. The standard InChI is InChI=1S/C12H12N2.C8H13N/c1-3-11-9-13-14(10(11)2)12-7-5-4-6-8-12;1-9-8-4-2-3-6-5-7(6)8/h3-9H,1H2,2H3;2,4,6-9H,3,5H2,1H3. The lowest BCUT2D eigenvalue weighted by molar-refractivity contribution is 0.535. The molecule has 120 valence electrons. The second-order valence-electron chi connectivity index (χ2n) is 6.27. The number of nitrogens with zero attached hydrogens (tertiary/aromatic N) is 2. The quantitative estimate of drug-likeness (QED) is 0.869. The van der Waals surface area contributed by atoms with Gasteiger partial charge in [-0.3, -0.25) is 0 Å². The largest absolute Gasteiger partial charge is 0.313 e. The van der Waals surface area contributed by atoms with Gasteiger partial charge in [0.25, 0.3) is 0 Å².